The Hall–Kier alpha value is -1.60. The average Bonchev–Trinajstić information content (AvgIpc) is 2.81. The molecule has 1 amide bonds. The number of nitrogens with one attached hydrogen (secondary N) is 2. The van der Waals surface area contributed by atoms with Gasteiger partial charge in [0.1, 0.15) is 5.02 Å². The average molecular weight is 283 g/mol. The van der Waals surface area contributed by atoms with Gasteiger partial charge in [-0.1, -0.05) is 11.6 Å². The maximum absolute atomic E-state index is 11.8. The molecule has 102 valence electrons. The van der Waals surface area contributed by atoms with Crippen molar-refractivity contribution in [2.75, 3.05) is 23.4 Å². The molecule has 2 unspecified atom stereocenters. The number of hydrazine groups is 1. The normalized spacial score (nSPS) is 26.0. The molecule has 19 heavy (non-hydrogen) atoms. The van der Waals surface area contributed by atoms with E-state index in [9.17, 15) is 4.79 Å². The van der Waals surface area contributed by atoms with Gasteiger partial charge in [-0.2, -0.15) is 4.98 Å². The number of rotatable bonds is 2. The van der Waals surface area contributed by atoms with Gasteiger partial charge in [-0.05, 0) is 12.8 Å². The quantitative estimate of drug-likeness (QED) is 0.527. The largest absolute Gasteiger partial charge is 0.354 e. The summed E-state index contributed by atoms with van der Waals surface area (Å²) in [6, 6.07) is 0.110. The SMILES string of the molecule is NNc1ncc(Cl)c(N2CCCC3C(=O)NCC32)n1. The summed E-state index contributed by atoms with van der Waals surface area (Å²) in [5.41, 5.74) is 2.41. The fourth-order valence-electron chi connectivity index (χ4n) is 2.84. The second-order valence-corrected chi connectivity index (χ2v) is 5.17. The van der Waals surface area contributed by atoms with Gasteiger partial charge in [-0.15, -0.1) is 0 Å². The van der Waals surface area contributed by atoms with Crippen LogP contribution < -0.4 is 21.5 Å². The minimum absolute atomic E-state index is 0.0223. The van der Waals surface area contributed by atoms with Crippen LogP contribution in [0.3, 0.4) is 0 Å². The van der Waals surface area contributed by atoms with Crippen LogP contribution in [0.25, 0.3) is 0 Å². The molecule has 2 saturated heterocycles. The van der Waals surface area contributed by atoms with Crippen LogP contribution in [0, 0.1) is 5.92 Å². The molecule has 3 rings (SSSR count). The maximum Gasteiger partial charge on any atom is 0.239 e. The van der Waals surface area contributed by atoms with Crippen molar-refractivity contribution in [2.24, 2.45) is 11.8 Å². The summed E-state index contributed by atoms with van der Waals surface area (Å²) >= 11 is 6.17. The van der Waals surface area contributed by atoms with Gasteiger partial charge in [0.25, 0.3) is 0 Å². The lowest BCUT2D eigenvalue weighted by molar-refractivity contribution is -0.122. The second kappa shape index (κ2) is 4.82. The fourth-order valence-corrected chi connectivity index (χ4v) is 3.04. The van der Waals surface area contributed by atoms with E-state index >= 15 is 0 Å². The molecule has 0 aliphatic carbocycles. The van der Waals surface area contributed by atoms with Crippen LogP contribution in [0.1, 0.15) is 12.8 Å². The van der Waals surface area contributed by atoms with Crippen LogP contribution in [-0.2, 0) is 4.79 Å². The molecule has 0 saturated carbocycles. The maximum atomic E-state index is 11.8. The van der Waals surface area contributed by atoms with E-state index in [1.54, 1.807) is 0 Å². The van der Waals surface area contributed by atoms with E-state index < -0.39 is 0 Å². The summed E-state index contributed by atoms with van der Waals surface area (Å²) in [6.07, 6.45) is 3.38. The zero-order valence-corrected chi connectivity index (χ0v) is 11.0. The van der Waals surface area contributed by atoms with Crippen LogP contribution in [0.2, 0.25) is 5.02 Å². The standard InChI is InChI=1S/C11H15ClN6O/c12-7-4-15-11(17-13)16-9(7)18-3-1-2-6-8(18)5-14-10(6)19/h4,6,8H,1-3,5,13H2,(H,14,19)(H,15,16,17). The molecule has 0 spiro atoms. The van der Waals surface area contributed by atoms with Crippen LogP contribution in [0.5, 0.6) is 0 Å². The second-order valence-electron chi connectivity index (χ2n) is 4.76. The minimum atomic E-state index is 0.0223. The zero-order chi connectivity index (χ0) is 13.4. The van der Waals surface area contributed by atoms with Crippen molar-refractivity contribution < 1.29 is 4.79 Å². The molecular formula is C11H15ClN6O. The number of aromatic nitrogens is 2. The number of amides is 1. The molecular weight excluding hydrogens is 268 g/mol. The van der Waals surface area contributed by atoms with Crippen LogP contribution >= 0.6 is 11.6 Å². The summed E-state index contributed by atoms with van der Waals surface area (Å²) in [5, 5.41) is 3.37. The molecule has 0 aromatic carbocycles. The Morgan fingerprint density at radius 2 is 2.42 bits per heavy atom. The number of carbonyl (C=O) groups excluding carboxylic acids is 1. The highest BCUT2D eigenvalue weighted by atomic mass is 35.5. The van der Waals surface area contributed by atoms with Crippen LogP contribution in [0.4, 0.5) is 11.8 Å². The topological polar surface area (TPSA) is 96.2 Å². The number of fused-ring (bicyclic) bond motifs is 1. The van der Waals surface area contributed by atoms with Crippen LogP contribution in [-0.4, -0.2) is 35.0 Å². The van der Waals surface area contributed by atoms with Crippen molar-refractivity contribution in [1.82, 2.24) is 15.3 Å². The van der Waals surface area contributed by atoms with E-state index in [2.05, 4.69) is 25.6 Å². The first-order valence-electron chi connectivity index (χ1n) is 6.24. The van der Waals surface area contributed by atoms with Crippen molar-refractivity contribution in [1.29, 1.82) is 0 Å². The van der Waals surface area contributed by atoms with E-state index in [0.29, 0.717) is 23.3 Å². The number of hydrogen-bond acceptors (Lipinski definition) is 6. The first-order valence-corrected chi connectivity index (χ1v) is 6.62. The molecule has 2 atom stereocenters. The third kappa shape index (κ3) is 2.08. The molecule has 2 aliphatic heterocycles. The molecule has 2 aliphatic rings. The number of carbonyl (C=O) groups is 1. The van der Waals surface area contributed by atoms with Crippen LogP contribution in [0.15, 0.2) is 6.20 Å². The molecule has 1 aromatic rings. The molecule has 2 fully saturated rings. The van der Waals surface area contributed by atoms with Crippen molar-refractivity contribution in [3.63, 3.8) is 0 Å². The summed E-state index contributed by atoms with van der Waals surface area (Å²) in [6.45, 7) is 1.46. The number of anilines is 2. The number of halogens is 1. The van der Waals surface area contributed by atoms with E-state index in [0.717, 1.165) is 19.4 Å². The Kier molecular flexibility index (Phi) is 3.16. The number of nitrogen functional groups attached to an aromatic ring is 1. The predicted molar refractivity (Wildman–Crippen MR) is 71.7 cm³/mol. The summed E-state index contributed by atoms with van der Waals surface area (Å²) in [7, 11) is 0. The Balaban J connectivity index is 1.94. The lowest BCUT2D eigenvalue weighted by atomic mass is 9.91. The number of piperidine rings is 1. The van der Waals surface area contributed by atoms with Gasteiger partial charge in [-0.3, -0.25) is 10.2 Å². The summed E-state index contributed by atoms with van der Waals surface area (Å²) in [4.78, 5) is 22.1. The predicted octanol–water partition coefficient (Wildman–Crippen LogP) is 0.130. The Morgan fingerprint density at radius 3 is 3.21 bits per heavy atom. The molecule has 0 radical (unpaired) electrons. The molecule has 4 N–H and O–H groups in total. The third-order valence-corrected chi connectivity index (χ3v) is 3.99. The van der Waals surface area contributed by atoms with E-state index in [4.69, 9.17) is 17.4 Å². The highest BCUT2D eigenvalue weighted by Gasteiger charge is 2.41. The Labute approximate surface area is 115 Å². The van der Waals surface area contributed by atoms with Crippen molar-refractivity contribution in [2.45, 2.75) is 18.9 Å². The zero-order valence-electron chi connectivity index (χ0n) is 10.3. The monoisotopic (exact) mass is 282 g/mol. The van der Waals surface area contributed by atoms with Crippen molar-refractivity contribution in [3.05, 3.63) is 11.2 Å². The minimum Gasteiger partial charge on any atom is -0.354 e. The highest BCUT2D eigenvalue weighted by Crippen LogP contribution is 2.34. The number of nitrogens with two attached hydrogens (primary N) is 1. The molecule has 7 nitrogen and oxygen atoms in total. The Bertz CT molecular complexity index is 510. The lowest BCUT2D eigenvalue weighted by Gasteiger charge is -2.37. The van der Waals surface area contributed by atoms with Gasteiger partial charge in [0.2, 0.25) is 11.9 Å². The van der Waals surface area contributed by atoms with Crippen molar-refractivity contribution >= 4 is 29.3 Å². The smallest absolute Gasteiger partial charge is 0.239 e. The molecule has 8 heteroatoms. The molecule has 1 aromatic heterocycles. The first kappa shape index (κ1) is 12.4. The van der Waals surface area contributed by atoms with Gasteiger partial charge in [0, 0.05) is 13.1 Å². The van der Waals surface area contributed by atoms with Gasteiger partial charge in [0.15, 0.2) is 5.82 Å². The Morgan fingerprint density at radius 1 is 1.58 bits per heavy atom. The third-order valence-electron chi connectivity index (χ3n) is 3.73. The van der Waals surface area contributed by atoms with Gasteiger partial charge in [0.05, 0.1) is 18.2 Å². The number of nitrogens with zero attached hydrogens (tertiary/aromatic N) is 3. The number of hydrogen-bond donors (Lipinski definition) is 3. The van der Waals surface area contributed by atoms with E-state index in [1.807, 2.05) is 0 Å². The fraction of sp³-hybridized carbons (Fsp3) is 0.545. The van der Waals surface area contributed by atoms with Crippen molar-refractivity contribution in [3.8, 4) is 0 Å². The first-order chi connectivity index (χ1) is 9.20. The van der Waals surface area contributed by atoms with E-state index in [-0.39, 0.29) is 17.9 Å². The summed E-state index contributed by atoms with van der Waals surface area (Å²) in [5.74, 6) is 6.42. The molecule has 3 heterocycles. The molecule has 0 bridgehead atoms. The van der Waals surface area contributed by atoms with E-state index in [1.165, 1.54) is 6.20 Å². The summed E-state index contributed by atoms with van der Waals surface area (Å²) < 4.78 is 0. The lowest BCUT2D eigenvalue weighted by Crippen LogP contribution is -2.46. The highest BCUT2D eigenvalue weighted by molar-refractivity contribution is 6.32. The van der Waals surface area contributed by atoms with Gasteiger partial charge in [-0.25, -0.2) is 10.8 Å². The van der Waals surface area contributed by atoms with Gasteiger partial charge >= 0.3 is 0 Å². The van der Waals surface area contributed by atoms with Gasteiger partial charge < -0.3 is 10.2 Å².